The van der Waals surface area contributed by atoms with Gasteiger partial charge in [0.1, 0.15) is 0 Å². The van der Waals surface area contributed by atoms with Gasteiger partial charge < -0.3 is 10.4 Å². The van der Waals surface area contributed by atoms with Crippen LogP contribution in [0.4, 0.5) is 0 Å². The first kappa shape index (κ1) is 44.3. The van der Waals surface area contributed by atoms with Gasteiger partial charge in [-0.3, -0.25) is 9.35 Å². The van der Waals surface area contributed by atoms with E-state index in [1.165, 1.54) is 25.3 Å². The van der Waals surface area contributed by atoms with Crippen LogP contribution in [0.25, 0.3) is 0 Å². The molecule has 47 heavy (non-hydrogen) atoms. The molecule has 0 aliphatic heterocycles. The number of aliphatic hydroxyl groups excluding tert-OH is 1. The Kier molecular flexibility index (Phi) is 31.2. The average Bonchev–Trinajstić information content (AvgIpc) is 3.03. The standard InChI is InChI=1S/C40H65NO5S/c1-3-5-7-9-11-13-14-15-16-17-18-19-20-21-22-23-24-25-26-28-30-32-34-36-40(43)41-38(37-47(44,45)46)39(42)35-33-31-29-27-12-10-8-6-4-2/h5,7,11-13,15-16,18-19,21-22,24-25,27,33,35,38-39,42H,3-4,6,8-10,14,17,20,23,26,28-32,34,36-37H2,1-2H3,(H,41,43)(H,44,45,46)/b7-5-,13-11-,16-15-,19-18-,22-21-,25-24-,27-12+,35-33+. The van der Waals surface area contributed by atoms with Gasteiger partial charge in [-0.05, 0) is 83.5 Å². The molecule has 6 nitrogen and oxygen atoms in total. The molecule has 7 heteroatoms. The highest BCUT2D eigenvalue weighted by atomic mass is 32.2. The highest BCUT2D eigenvalue weighted by Gasteiger charge is 2.24. The van der Waals surface area contributed by atoms with Crippen LogP contribution in [-0.4, -0.2) is 41.9 Å². The third-order valence-corrected chi connectivity index (χ3v) is 8.02. The van der Waals surface area contributed by atoms with Crippen LogP contribution in [0.1, 0.15) is 129 Å². The number of carbonyl (C=O) groups excluding carboxylic acids is 1. The second-order valence-corrected chi connectivity index (χ2v) is 13.3. The summed E-state index contributed by atoms with van der Waals surface area (Å²) >= 11 is 0. The molecule has 2 unspecified atom stereocenters. The van der Waals surface area contributed by atoms with Crippen molar-refractivity contribution in [1.82, 2.24) is 5.32 Å². The van der Waals surface area contributed by atoms with Crippen molar-refractivity contribution in [1.29, 1.82) is 0 Å². The Morgan fingerprint density at radius 3 is 1.57 bits per heavy atom. The number of nitrogens with one attached hydrogen (secondary N) is 1. The molecule has 1 amide bonds. The molecule has 0 rings (SSSR count). The summed E-state index contributed by atoms with van der Waals surface area (Å²) in [5, 5.41) is 13.1. The van der Waals surface area contributed by atoms with E-state index in [9.17, 15) is 22.9 Å². The number of hydrogen-bond donors (Lipinski definition) is 3. The van der Waals surface area contributed by atoms with Gasteiger partial charge in [0.25, 0.3) is 10.1 Å². The average molecular weight is 672 g/mol. The number of rotatable bonds is 30. The summed E-state index contributed by atoms with van der Waals surface area (Å²) in [4.78, 5) is 12.4. The number of unbranched alkanes of at least 4 members (excludes halogenated alkanes) is 8. The van der Waals surface area contributed by atoms with Crippen molar-refractivity contribution in [3.63, 3.8) is 0 Å². The SMILES string of the molecule is CC/C=C\C/C=C\C/C=C\C/C=C\C/C=C\C/C=C\CCCCCCC(=O)NC(CS(=O)(=O)O)C(O)/C=C/CC/C=C/CCCCC. The Bertz CT molecular complexity index is 1100. The third kappa shape index (κ3) is 34.4. The quantitative estimate of drug-likeness (QED) is 0.0401. The molecule has 0 aromatic carbocycles. The molecular formula is C40H65NO5S. The van der Waals surface area contributed by atoms with E-state index in [0.717, 1.165) is 77.0 Å². The molecule has 0 aliphatic rings. The maximum Gasteiger partial charge on any atom is 0.267 e. The molecule has 0 radical (unpaired) electrons. The fourth-order valence-electron chi connectivity index (χ4n) is 4.58. The summed E-state index contributed by atoms with van der Waals surface area (Å²) in [5.41, 5.74) is 0. The fraction of sp³-hybridized carbons (Fsp3) is 0.575. The fourth-order valence-corrected chi connectivity index (χ4v) is 5.32. The van der Waals surface area contributed by atoms with Crippen molar-refractivity contribution >= 4 is 16.0 Å². The summed E-state index contributed by atoms with van der Waals surface area (Å²) in [7, 11) is -4.36. The first-order chi connectivity index (χ1) is 22.8. The summed E-state index contributed by atoms with van der Waals surface area (Å²) < 4.78 is 32.2. The van der Waals surface area contributed by atoms with E-state index in [0.29, 0.717) is 12.8 Å². The van der Waals surface area contributed by atoms with Crippen molar-refractivity contribution in [2.24, 2.45) is 0 Å². The van der Waals surface area contributed by atoms with E-state index in [2.05, 4.69) is 104 Å². The second-order valence-electron chi connectivity index (χ2n) is 11.8. The van der Waals surface area contributed by atoms with Crippen molar-refractivity contribution in [3.8, 4) is 0 Å². The van der Waals surface area contributed by atoms with E-state index >= 15 is 0 Å². The normalized spacial score (nSPS) is 14.6. The summed E-state index contributed by atoms with van der Waals surface area (Å²) in [6.07, 6.45) is 49.7. The monoisotopic (exact) mass is 671 g/mol. The largest absolute Gasteiger partial charge is 0.387 e. The number of allylic oxidation sites excluding steroid dienone is 15. The predicted molar refractivity (Wildman–Crippen MR) is 202 cm³/mol. The molecule has 0 aliphatic carbocycles. The Labute approximate surface area is 288 Å². The molecule has 0 saturated heterocycles. The van der Waals surface area contributed by atoms with Crippen molar-refractivity contribution < 1.29 is 22.9 Å². The van der Waals surface area contributed by atoms with Gasteiger partial charge in [-0.25, -0.2) is 0 Å². The van der Waals surface area contributed by atoms with Gasteiger partial charge in [0.05, 0.1) is 17.9 Å². The molecule has 0 bridgehead atoms. The zero-order valence-corrected chi connectivity index (χ0v) is 30.2. The highest BCUT2D eigenvalue weighted by Crippen LogP contribution is 2.09. The van der Waals surface area contributed by atoms with Crippen LogP contribution in [0.15, 0.2) is 97.2 Å². The van der Waals surface area contributed by atoms with Crippen LogP contribution in [0.2, 0.25) is 0 Å². The molecule has 0 heterocycles. The number of aliphatic hydroxyl groups is 1. The minimum absolute atomic E-state index is 0.251. The molecule has 2 atom stereocenters. The maximum atomic E-state index is 12.4. The van der Waals surface area contributed by atoms with Gasteiger partial charge in [-0.1, -0.05) is 137 Å². The number of hydrogen-bond acceptors (Lipinski definition) is 4. The zero-order chi connectivity index (χ0) is 34.7. The van der Waals surface area contributed by atoms with Crippen LogP contribution < -0.4 is 5.32 Å². The van der Waals surface area contributed by atoms with E-state index < -0.39 is 28.0 Å². The van der Waals surface area contributed by atoms with Gasteiger partial charge in [0.15, 0.2) is 0 Å². The van der Waals surface area contributed by atoms with Gasteiger partial charge in [-0.15, -0.1) is 0 Å². The lowest BCUT2D eigenvalue weighted by Gasteiger charge is -2.21. The molecule has 0 aromatic rings. The van der Waals surface area contributed by atoms with E-state index in [-0.39, 0.29) is 12.3 Å². The summed E-state index contributed by atoms with van der Waals surface area (Å²) in [6, 6.07) is -1.09. The molecule has 0 saturated carbocycles. The summed E-state index contributed by atoms with van der Waals surface area (Å²) in [6.45, 7) is 4.32. The first-order valence-corrected chi connectivity index (χ1v) is 19.5. The Morgan fingerprint density at radius 1 is 0.596 bits per heavy atom. The van der Waals surface area contributed by atoms with Gasteiger partial charge >= 0.3 is 0 Å². The third-order valence-electron chi connectivity index (χ3n) is 7.24. The lowest BCUT2D eigenvalue weighted by molar-refractivity contribution is -0.122. The summed E-state index contributed by atoms with van der Waals surface area (Å²) in [5.74, 6) is -1.05. The van der Waals surface area contributed by atoms with E-state index in [1.807, 2.05) is 0 Å². The zero-order valence-electron chi connectivity index (χ0n) is 29.4. The van der Waals surface area contributed by atoms with Gasteiger partial charge in [0, 0.05) is 6.42 Å². The van der Waals surface area contributed by atoms with Crippen molar-refractivity contribution in [3.05, 3.63) is 97.2 Å². The molecule has 0 aromatic heterocycles. The Morgan fingerprint density at radius 2 is 1.04 bits per heavy atom. The van der Waals surface area contributed by atoms with E-state index in [4.69, 9.17) is 0 Å². The second kappa shape index (κ2) is 33.2. The Balaban J connectivity index is 4.05. The lowest BCUT2D eigenvalue weighted by atomic mass is 10.1. The van der Waals surface area contributed by atoms with Crippen LogP contribution >= 0.6 is 0 Å². The highest BCUT2D eigenvalue weighted by molar-refractivity contribution is 7.85. The van der Waals surface area contributed by atoms with Crippen LogP contribution in [0.5, 0.6) is 0 Å². The molecule has 3 N–H and O–H groups in total. The van der Waals surface area contributed by atoms with Crippen molar-refractivity contribution in [2.45, 2.75) is 142 Å². The van der Waals surface area contributed by atoms with Crippen LogP contribution in [0.3, 0.4) is 0 Å². The smallest absolute Gasteiger partial charge is 0.267 e. The number of amides is 1. The molecule has 266 valence electrons. The minimum atomic E-state index is -4.36. The first-order valence-electron chi connectivity index (χ1n) is 17.9. The van der Waals surface area contributed by atoms with Gasteiger partial charge in [0.2, 0.25) is 5.91 Å². The predicted octanol–water partition coefficient (Wildman–Crippen LogP) is 10.2. The molecule has 0 fully saturated rings. The Hall–Kier alpha value is -2.74. The molecule has 0 spiro atoms. The minimum Gasteiger partial charge on any atom is -0.387 e. The van der Waals surface area contributed by atoms with Crippen molar-refractivity contribution in [2.75, 3.05) is 5.75 Å². The topological polar surface area (TPSA) is 104 Å². The van der Waals surface area contributed by atoms with Gasteiger partial charge in [-0.2, -0.15) is 8.42 Å². The molecular weight excluding hydrogens is 607 g/mol. The lowest BCUT2D eigenvalue weighted by Crippen LogP contribution is -2.46. The maximum absolute atomic E-state index is 12.4. The van der Waals surface area contributed by atoms with Crippen LogP contribution in [-0.2, 0) is 14.9 Å². The number of carbonyl (C=O) groups is 1. The van der Waals surface area contributed by atoms with Crippen LogP contribution in [0, 0.1) is 0 Å². The van der Waals surface area contributed by atoms with E-state index in [1.54, 1.807) is 6.08 Å².